The Labute approximate surface area is 169 Å². The van der Waals surface area contributed by atoms with Crippen LogP contribution in [0.3, 0.4) is 0 Å². The largest absolute Gasteiger partial charge is 0.475 e. The zero-order valence-corrected chi connectivity index (χ0v) is 16.4. The van der Waals surface area contributed by atoms with Crippen molar-refractivity contribution in [2.75, 3.05) is 26.4 Å². The van der Waals surface area contributed by atoms with E-state index in [1.807, 2.05) is 12.1 Å². The maximum absolute atomic E-state index is 12.5. The van der Waals surface area contributed by atoms with Gasteiger partial charge in [0.2, 0.25) is 5.88 Å². The molecule has 5 rings (SSSR count). The third-order valence-corrected chi connectivity index (χ3v) is 5.80. The molecule has 150 valence electrons. The van der Waals surface area contributed by atoms with Crippen molar-refractivity contribution < 1.29 is 14.2 Å². The van der Waals surface area contributed by atoms with Crippen LogP contribution in [-0.2, 0) is 22.4 Å². The second-order valence-electron chi connectivity index (χ2n) is 7.81. The number of ether oxygens (including phenoxy) is 3. The first-order chi connectivity index (χ1) is 14.3. The number of benzene rings is 1. The van der Waals surface area contributed by atoms with Crippen molar-refractivity contribution in [3.05, 3.63) is 45.9 Å². The van der Waals surface area contributed by atoms with Crippen LogP contribution in [0.5, 0.6) is 5.88 Å². The fourth-order valence-corrected chi connectivity index (χ4v) is 3.91. The Hall–Kier alpha value is -2.62. The molecule has 2 aromatic rings. The maximum atomic E-state index is 12.5. The van der Waals surface area contributed by atoms with E-state index in [1.165, 1.54) is 24.8 Å². The normalized spacial score (nSPS) is 20.6. The highest BCUT2D eigenvalue weighted by atomic mass is 16.6. The number of rotatable bonds is 3. The summed E-state index contributed by atoms with van der Waals surface area (Å²) in [5, 5.41) is 0. The Morgan fingerprint density at radius 3 is 2.97 bits per heavy atom. The molecule has 3 heterocycles. The zero-order chi connectivity index (χ0) is 19.6. The smallest absolute Gasteiger partial charge is 0.351 e. The van der Waals surface area contributed by atoms with Gasteiger partial charge in [-0.25, -0.2) is 4.79 Å². The van der Waals surface area contributed by atoms with Crippen LogP contribution >= 0.6 is 0 Å². The predicted octanol–water partition coefficient (Wildman–Crippen LogP) is 2.41. The monoisotopic (exact) mass is 392 g/mol. The van der Waals surface area contributed by atoms with E-state index < -0.39 is 0 Å². The average Bonchev–Trinajstić information content (AvgIpc) is 2.71. The SMILES string of the molecule is O=c1nc(OC[C@@H]2COCCO2)cc2n1CCc1cc(C#CC3CCC3)ccc1-2. The number of fused-ring (bicyclic) bond motifs is 3. The van der Waals surface area contributed by atoms with Gasteiger partial charge in [0.1, 0.15) is 12.7 Å². The van der Waals surface area contributed by atoms with Crippen molar-refractivity contribution in [3.8, 4) is 29.0 Å². The molecule has 0 N–H and O–H groups in total. The van der Waals surface area contributed by atoms with Gasteiger partial charge in [0.25, 0.3) is 0 Å². The molecule has 0 bridgehead atoms. The highest BCUT2D eigenvalue weighted by molar-refractivity contribution is 5.67. The topological polar surface area (TPSA) is 62.6 Å². The molecule has 6 heteroatoms. The molecule has 6 nitrogen and oxygen atoms in total. The Balaban J connectivity index is 1.39. The first-order valence-corrected chi connectivity index (χ1v) is 10.3. The Kier molecular flexibility index (Phi) is 5.09. The van der Waals surface area contributed by atoms with Crippen molar-refractivity contribution in [1.82, 2.24) is 9.55 Å². The lowest BCUT2D eigenvalue weighted by Crippen LogP contribution is -2.34. The van der Waals surface area contributed by atoms with Crippen LogP contribution in [0.1, 0.15) is 30.4 Å². The molecule has 29 heavy (non-hydrogen) atoms. The Morgan fingerprint density at radius 2 is 2.17 bits per heavy atom. The molecule has 1 saturated carbocycles. The van der Waals surface area contributed by atoms with Crippen LogP contribution in [0.2, 0.25) is 0 Å². The zero-order valence-electron chi connectivity index (χ0n) is 16.4. The summed E-state index contributed by atoms with van der Waals surface area (Å²) in [4.78, 5) is 16.6. The van der Waals surface area contributed by atoms with Gasteiger partial charge >= 0.3 is 5.69 Å². The number of aromatic nitrogens is 2. The molecular weight excluding hydrogens is 368 g/mol. The van der Waals surface area contributed by atoms with Crippen LogP contribution < -0.4 is 10.4 Å². The minimum absolute atomic E-state index is 0.131. The molecule has 1 aromatic heterocycles. The standard InChI is InChI=1S/C23H24N2O4/c26-23-24-22(29-15-19-14-27-10-11-28-19)13-21-20-7-6-17(5-4-16-2-1-3-16)12-18(20)8-9-25(21)23/h6-7,12-13,16,19H,1-3,8-11,14-15H2/t19-/m0/s1. The molecule has 0 spiro atoms. The van der Waals surface area contributed by atoms with Gasteiger partial charge < -0.3 is 14.2 Å². The van der Waals surface area contributed by atoms with Gasteiger partial charge in [-0.15, -0.1) is 0 Å². The molecular formula is C23H24N2O4. The summed E-state index contributed by atoms with van der Waals surface area (Å²) in [6.45, 7) is 2.61. The van der Waals surface area contributed by atoms with Gasteiger partial charge in [-0.05, 0) is 37.0 Å². The van der Waals surface area contributed by atoms with Gasteiger partial charge in [-0.1, -0.05) is 24.3 Å². The van der Waals surface area contributed by atoms with Crippen LogP contribution in [0, 0.1) is 17.8 Å². The number of aryl methyl sites for hydroxylation is 1. The molecule has 0 radical (unpaired) electrons. The van der Waals surface area contributed by atoms with Gasteiger partial charge in [0.15, 0.2) is 0 Å². The molecule has 1 saturated heterocycles. The molecule has 1 aromatic carbocycles. The molecule has 3 aliphatic rings. The minimum Gasteiger partial charge on any atom is -0.475 e. The van der Waals surface area contributed by atoms with E-state index in [0.29, 0.717) is 44.8 Å². The van der Waals surface area contributed by atoms with Gasteiger partial charge in [0, 0.05) is 29.7 Å². The molecule has 1 atom stereocenters. The summed E-state index contributed by atoms with van der Waals surface area (Å²) in [6, 6.07) is 8.11. The minimum atomic E-state index is -0.280. The molecule has 1 aliphatic carbocycles. The van der Waals surface area contributed by atoms with Crippen LogP contribution in [0.25, 0.3) is 11.3 Å². The molecule has 2 fully saturated rings. The number of hydrogen-bond donors (Lipinski definition) is 0. The molecule has 0 amide bonds. The van der Waals surface area contributed by atoms with E-state index in [-0.39, 0.29) is 11.8 Å². The molecule has 0 unspecified atom stereocenters. The van der Waals surface area contributed by atoms with Gasteiger partial charge in [0.05, 0.1) is 25.5 Å². The first-order valence-electron chi connectivity index (χ1n) is 10.3. The van der Waals surface area contributed by atoms with Crippen molar-refractivity contribution in [2.45, 2.75) is 38.3 Å². The summed E-state index contributed by atoms with van der Waals surface area (Å²) < 4.78 is 18.5. The van der Waals surface area contributed by atoms with Crippen molar-refractivity contribution >= 4 is 0 Å². The summed E-state index contributed by atoms with van der Waals surface area (Å²) >= 11 is 0. The van der Waals surface area contributed by atoms with Crippen molar-refractivity contribution in [3.63, 3.8) is 0 Å². The van der Waals surface area contributed by atoms with Gasteiger partial charge in [-0.2, -0.15) is 4.98 Å². The van der Waals surface area contributed by atoms with E-state index in [2.05, 4.69) is 29.0 Å². The first kappa shape index (κ1) is 18.4. The number of hydrogen-bond acceptors (Lipinski definition) is 5. The lowest BCUT2D eigenvalue weighted by Gasteiger charge is -2.24. The van der Waals surface area contributed by atoms with Crippen LogP contribution in [-0.4, -0.2) is 42.1 Å². The van der Waals surface area contributed by atoms with E-state index in [1.54, 1.807) is 4.57 Å². The third-order valence-electron chi connectivity index (χ3n) is 5.80. The lowest BCUT2D eigenvalue weighted by atomic mass is 9.86. The third kappa shape index (κ3) is 3.93. The van der Waals surface area contributed by atoms with Crippen LogP contribution in [0.4, 0.5) is 0 Å². The average molecular weight is 392 g/mol. The Morgan fingerprint density at radius 1 is 1.24 bits per heavy atom. The van der Waals surface area contributed by atoms with E-state index in [4.69, 9.17) is 14.2 Å². The molecule has 2 aliphatic heterocycles. The van der Waals surface area contributed by atoms with E-state index in [9.17, 15) is 4.79 Å². The fraction of sp³-hybridized carbons (Fsp3) is 0.478. The highest BCUT2D eigenvalue weighted by Crippen LogP contribution is 2.31. The quantitative estimate of drug-likeness (QED) is 0.751. The second-order valence-corrected chi connectivity index (χ2v) is 7.81. The lowest BCUT2D eigenvalue weighted by molar-refractivity contribution is -0.102. The summed E-state index contributed by atoms with van der Waals surface area (Å²) in [5.74, 6) is 7.58. The van der Waals surface area contributed by atoms with Gasteiger partial charge in [-0.3, -0.25) is 4.57 Å². The highest BCUT2D eigenvalue weighted by Gasteiger charge is 2.21. The van der Waals surface area contributed by atoms with Crippen molar-refractivity contribution in [1.29, 1.82) is 0 Å². The predicted molar refractivity (Wildman–Crippen MR) is 108 cm³/mol. The number of nitrogens with zero attached hydrogens (tertiary/aromatic N) is 2. The summed E-state index contributed by atoms with van der Waals surface area (Å²) in [5.41, 5.74) is 3.88. The summed E-state index contributed by atoms with van der Waals surface area (Å²) in [6.07, 6.45) is 4.42. The van der Waals surface area contributed by atoms with Crippen molar-refractivity contribution in [2.24, 2.45) is 5.92 Å². The van der Waals surface area contributed by atoms with E-state index >= 15 is 0 Å². The second kappa shape index (κ2) is 8.02. The van der Waals surface area contributed by atoms with Crippen LogP contribution in [0.15, 0.2) is 29.1 Å². The summed E-state index contributed by atoms with van der Waals surface area (Å²) in [7, 11) is 0. The van der Waals surface area contributed by atoms with E-state index in [0.717, 1.165) is 23.2 Å². The Bertz CT molecular complexity index is 1020. The fourth-order valence-electron chi connectivity index (χ4n) is 3.91. The maximum Gasteiger partial charge on any atom is 0.351 e.